The molecule has 1 aliphatic rings. The molecule has 0 aliphatic carbocycles. The molecule has 0 saturated carbocycles. The summed E-state index contributed by atoms with van der Waals surface area (Å²) in [5.74, 6) is -0.286. The van der Waals surface area contributed by atoms with Crippen molar-refractivity contribution in [3.8, 4) is 0 Å². The minimum absolute atomic E-state index is 0.218. The number of ether oxygens (including phenoxy) is 2. The Morgan fingerprint density at radius 3 is 2.72 bits per heavy atom. The first-order chi connectivity index (χ1) is 8.70. The van der Waals surface area contributed by atoms with Gasteiger partial charge in [-0.1, -0.05) is 24.3 Å². The highest BCUT2D eigenvalue weighted by Gasteiger charge is 2.22. The fraction of sp³-hybridized carbons (Fsp3) is 0.385. The maximum atomic E-state index is 11.4. The van der Waals surface area contributed by atoms with Gasteiger partial charge in [0, 0.05) is 6.54 Å². The van der Waals surface area contributed by atoms with Gasteiger partial charge in [0.05, 0.1) is 20.1 Å². The molecule has 1 aliphatic heterocycles. The van der Waals surface area contributed by atoms with Crippen LogP contribution in [0.4, 0.5) is 4.79 Å². The van der Waals surface area contributed by atoms with Crippen molar-refractivity contribution in [1.82, 2.24) is 4.90 Å². The van der Waals surface area contributed by atoms with Crippen molar-refractivity contribution in [3.05, 3.63) is 35.4 Å². The Morgan fingerprint density at radius 1 is 1.39 bits per heavy atom. The molecule has 0 aromatic heterocycles. The van der Waals surface area contributed by atoms with Crippen LogP contribution >= 0.6 is 0 Å². The average molecular weight is 249 g/mol. The molecule has 1 fully saturated rings. The molecule has 0 N–H and O–H groups in total. The van der Waals surface area contributed by atoms with Crippen LogP contribution in [0.5, 0.6) is 0 Å². The lowest BCUT2D eigenvalue weighted by molar-refractivity contribution is -0.139. The van der Waals surface area contributed by atoms with Crippen LogP contribution in [0.2, 0.25) is 0 Å². The summed E-state index contributed by atoms with van der Waals surface area (Å²) >= 11 is 0. The maximum absolute atomic E-state index is 11.4. The minimum Gasteiger partial charge on any atom is -0.469 e. The molecule has 2 rings (SSSR count). The molecular formula is C13H15NO4. The lowest BCUT2D eigenvalue weighted by Crippen LogP contribution is -2.24. The number of cyclic esters (lactones) is 1. The van der Waals surface area contributed by atoms with Crippen molar-refractivity contribution in [2.24, 2.45) is 0 Å². The monoisotopic (exact) mass is 249 g/mol. The van der Waals surface area contributed by atoms with Crippen LogP contribution in [0, 0.1) is 0 Å². The molecule has 1 aromatic carbocycles. The SMILES string of the molecule is COC(=O)Cc1ccccc1CN1CCOC1=O. The molecule has 1 saturated heterocycles. The van der Waals surface area contributed by atoms with E-state index < -0.39 is 0 Å². The van der Waals surface area contributed by atoms with Crippen molar-refractivity contribution in [2.75, 3.05) is 20.3 Å². The number of carbonyl (C=O) groups excluding carboxylic acids is 2. The van der Waals surface area contributed by atoms with Crippen LogP contribution in [0.3, 0.4) is 0 Å². The number of hydrogen-bond acceptors (Lipinski definition) is 4. The van der Waals surface area contributed by atoms with E-state index in [0.29, 0.717) is 19.7 Å². The number of amides is 1. The van der Waals surface area contributed by atoms with Crippen molar-refractivity contribution in [2.45, 2.75) is 13.0 Å². The summed E-state index contributed by atoms with van der Waals surface area (Å²) in [4.78, 5) is 24.3. The molecule has 1 heterocycles. The number of hydrogen-bond donors (Lipinski definition) is 0. The number of rotatable bonds is 4. The number of esters is 1. The van der Waals surface area contributed by atoms with Gasteiger partial charge in [-0.3, -0.25) is 4.79 Å². The van der Waals surface area contributed by atoms with Crippen LogP contribution in [0.25, 0.3) is 0 Å². The van der Waals surface area contributed by atoms with Gasteiger partial charge in [-0.25, -0.2) is 4.79 Å². The Morgan fingerprint density at radius 2 is 2.11 bits per heavy atom. The van der Waals surface area contributed by atoms with Gasteiger partial charge in [0.2, 0.25) is 0 Å². The fourth-order valence-corrected chi connectivity index (χ4v) is 1.89. The molecule has 0 radical (unpaired) electrons. The van der Waals surface area contributed by atoms with E-state index in [-0.39, 0.29) is 18.5 Å². The third-order valence-corrected chi connectivity index (χ3v) is 2.89. The van der Waals surface area contributed by atoms with E-state index in [1.807, 2.05) is 24.3 Å². The van der Waals surface area contributed by atoms with Crippen molar-refractivity contribution < 1.29 is 19.1 Å². The highest BCUT2D eigenvalue weighted by atomic mass is 16.6. The predicted octanol–water partition coefficient (Wildman–Crippen LogP) is 1.35. The summed E-state index contributed by atoms with van der Waals surface area (Å²) < 4.78 is 9.53. The molecule has 1 amide bonds. The van der Waals surface area contributed by atoms with Crippen LogP contribution < -0.4 is 0 Å². The maximum Gasteiger partial charge on any atom is 0.410 e. The van der Waals surface area contributed by atoms with Gasteiger partial charge in [-0.05, 0) is 11.1 Å². The largest absolute Gasteiger partial charge is 0.469 e. The lowest BCUT2D eigenvalue weighted by atomic mass is 10.0. The van der Waals surface area contributed by atoms with Gasteiger partial charge < -0.3 is 14.4 Å². The molecule has 18 heavy (non-hydrogen) atoms. The summed E-state index contributed by atoms with van der Waals surface area (Å²) in [5, 5.41) is 0. The summed E-state index contributed by atoms with van der Waals surface area (Å²) in [5.41, 5.74) is 1.82. The Balaban J connectivity index is 2.11. The van der Waals surface area contributed by atoms with Gasteiger partial charge in [0.25, 0.3) is 0 Å². The molecule has 0 bridgehead atoms. The second-order valence-corrected chi connectivity index (χ2v) is 4.06. The smallest absolute Gasteiger partial charge is 0.410 e. The number of nitrogens with zero attached hydrogens (tertiary/aromatic N) is 1. The Hall–Kier alpha value is -2.04. The molecule has 0 spiro atoms. The molecule has 5 heteroatoms. The van der Waals surface area contributed by atoms with Gasteiger partial charge in [0.1, 0.15) is 6.61 Å². The highest BCUT2D eigenvalue weighted by Crippen LogP contribution is 2.15. The average Bonchev–Trinajstić information content (AvgIpc) is 2.77. The zero-order valence-electron chi connectivity index (χ0n) is 10.2. The van der Waals surface area contributed by atoms with E-state index >= 15 is 0 Å². The molecule has 0 unspecified atom stereocenters. The molecule has 96 valence electrons. The summed E-state index contributed by atoms with van der Waals surface area (Å²) in [6.45, 7) is 1.48. The zero-order valence-corrected chi connectivity index (χ0v) is 10.2. The first-order valence-corrected chi connectivity index (χ1v) is 5.76. The van der Waals surface area contributed by atoms with Crippen LogP contribution in [-0.2, 0) is 27.2 Å². The van der Waals surface area contributed by atoms with Crippen LogP contribution in [0.1, 0.15) is 11.1 Å². The van der Waals surface area contributed by atoms with E-state index in [0.717, 1.165) is 11.1 Å². The van der Waals surface area contributed by atoms with E-state index in [1.165, 1.54) is 7.11 Å². The Kier molecular flexibility index (Phi) is 3.82. The Bertz CT molecular complexity index is 458. The van der Waals surface area contributed by atoms with Gasteiger partial charge >= 0.3 is 12.1 Å². The van der Waals surface area contributed by atoms with Crippen LogP contribution in [-0.4, -0.2) is 37.2 Å². The second-order valence-electron chi connectivity index (χ2n) is 4.06. The second kappa shape index (κ2) is 5.53. The number of benzene rings is 1. The van der Waals surface area contributed by atoms with Gasteiger partial charge in [-0.15, -0.1) is 0 Å². The first-order valence-electron chi connectivity index (χ1n) is 5.76. The molecule has 5 nitrogen and oxygen atoms in total. The van der Waals surface area contributed by atoms with Gasteiger partial charge in [0.15, 0.2) is 0 Å². The fourth-order valence-electron chi connectivity index (χ4n) is 1.89. The van der Waals surface area contributed by atoms with E-state index in [1.54, 1.807) is 4.90 Å². The summed E-state index contributed by atoms with van der Waals surface area (Å²) in [6, 6.07) is 7.53. The summed E-state index contributed by atoms with van der Waals surface area (Å²) in [7, 11) is 1.36. The quantitative estimate of drug-likeness (QED) is 0.756. The molecule has 0 atom stereocenters. The third-order valence-electron chi connectivity index (χ3n) is 2.89. The topological polar surface area (TPSA) is 55.8 Å². The predicted molar refractivity (Wildman–Crippen MR) is 63.9 cm³/mol. The van der Waals surface area contributed by atoms with Crippen LogP contribution in [0.15, 0.2) is 24.3 Å². The first kappa shape index (κ1) is 12.4. The van der Waals surface area contributed by atoms with Gasteiger partial charge in [-0.2, -0.15) is 0 Å². The lowest BCUT2D eigenvalue weighted by Gasteiger charge is -2.15. The Labute approximate surface area is 105 Å². The molecular weight excluding hydrogens is 234 g/mol. The zero-order chi connectivity index (χ0) is 13.0. The highest BCUT2D eigenvalue weighted by molar-refractivity contribution is 5.73. The van der Waals surface area contributed by atoms with Crippen molar-refractivity contribution in [1.29, 1.82) is 0 Å². The van der Waals surface area contributed by atoms with E-state index in [4.69, 9.17) is 4.74 Å². The van der Waals surface area contributed by atoms with E-state index in [9.17, 15) is 9.59 Å². The third kappa shape index (κ3) is 2.80. The number of methoxy groups -OCH3 is 1. The summed E-state index contributed by atoms with van der Waals surface area (Å²) in [6.07, 6.45) is -0.0851. The standard InChI is InChI=1S/C13H15NO4/c1-17-12(15)8-10-4-2-3-5-11(10)9-14-6-7-18-13(14)16/h2-5H,6-9H2,1H3. The van der Waals surface area contributed by atoms with Crippen molar-refractivity contribution in [3.63, 3.8) is 0 Å². The molecule has 1 aromatic rings. The van der Waals surface area contributed by atoms with Crippen molar-refractivity contribution >= 4 is 12.1 Å². The normalized spacial score (nSPS) is 14.5. The number of carbonyl (C=O) groups is 2. The minimum atomic E-state index is -0.303. The van der Waals surface area contributed by atoms with E-state index in [2.05, 4.69) is 4.74 Å².